The number of aliphatic carboxylic acids is 1. The van der Waals surface area contributed by atoms with Gasteiger partial charge >= 0.3 is 5.97 Å². The summed E-state index contributed by atoms with van der Waals surface area (Å²) in [6, 6.07) is 23.5. The molecule has 38 heavy (non-hydrogen) atoms. The summed E-state index contributed by atoms with van der Waals surface area (Å²) in [5.74, 6) is -2.21. The average Bonchev–Trinajstić information content (AvgIpc) is 2.94. The first-order valence-electron chi connectivity index (χ1n) is 12.0. The molecule has 0 saturated heterocycles. The second kappa shape index (κ2) is 12.4. The SMILES string of the molecule is O=C(O)CCN(Cc1cccnc1)C(=O)c1ccccc1-c1ccccc1C(=O)NCc1ccccc1F. The van der Waals surface area contributed by atoms with Crippen molar-refractivity contribution in [2.75, 3.05) is 6.54 Å². The van der Waals surface area contributed by atoms with Crippen LogP contribution < -0.4 is 5.32 Å². The van der Waals surface area contributed by atoms with Crippen molar-refractivity contribution in [3.63, 3.8) is 0 Å². The van der Waals surface area contributed by atoms with E-state index in [1.165, 1.54) is 11.0 Å². The minimum atomic E-state index is -1.01. The lowest BCUT2D eigenvalue weighted by Gasteiger charge is -2.24. The van der Waals surface area contributed by atoms with Crippen LogP contribution in [0.2, 0.25) is 0 Å². The van der Waals surface area contributed by atoms with Gasteiger partial charge in [-0.2, -0.15) is 0 Å². The highest BCUT2D eigenvalue weighted by atomic mass is 19.1. The van der Waals surface area contributed by atoms with Crippen molar-refractivity contribution in [1.29, 1.82) is 0 Å². The van der Waals surface area contributed by atoms with Gasteiger partial charge < -0.3 is 15.3 Å². The molecule has 8 heteroatoms. The van der Waals surface area contributed by atoms with Gasteiger partial charge in [0.05, 0.1) is 6.42 Å². The van der Waals surface area contributed by atoms with Crippen LogP contribution in [0.1, 0.15) is 38.3 Å². The van der Waals surface area contributed by atoms with Gasteiger partial charge in [-0.25, -0.2) is 4.39 Å². The van der Waals surface area contributed by atoms with Crippen LogP contribution in [0.5, 0.6) is 0 Å². The first kappa shape index (κ1) is 26.2. The highest BCUT2D eigenvalue weighted by Gasteiger charge is 2.23. The number of carboxylic acids is 1. The van der Waals surface area contributed by atoms with Crippen molar-refractivity contribution in [3.8, 4) is 11.1 Å². The molecule has 1 aromatic heterocycles. The first-order chi connectivity index (χ1) is 18.4. The average molecular weight is 512 g/mol. The van der Waals surface area contributed by atoms with Crippen LogP contribution in [-0.4, -0.2) is 39.3 Å². The largest absolute Gasteiger partial charge is 0.481 e. The summed E-state index contributed by atoms with van der Waals surface area (Å²) in [6.45, 7) is 0.190. The van der Waals surface area contributed by atoms with E-state index >= 15 is 0 Å². The Morgan fingerprint density at radius 1 is 0.842 bits per heavy atom. The minimum Gasteiger partial charge on any atom is -0.481 e. The molecule has 0 aliphatic heterocycles. The maximum atomic E-state index is 14.0. The predicted octanol–water partition coefficient (Wildman–Crippen LogP) is 4.93. The van der Waals surface area contributed by atoms with E-state index in [0.717, 1.165) is 5.56 Å². The second-order valence-corrected chi connectivity index (χ2v) is 8.60. The number of aromatic nitrogens is 1. The lowest BCUT2D eigenvalue weighted by atomic mass is 9.94. The zero-order valence-electron chi connectivity index (χ0n) is 20.5. The molecule has 0 aliphatic rings. The zero-order valence-corrected chi connectivity index (χ0v) is 20.5. The van der Waals surface area contributed by atoms with Gasteiger partial charge in [0, 0.05) is 48.7 Å². The topological polar surface area (TPSA) is 99.6 Å². The summed E-state index contributed by atoms with van der Waals surface area (Å²) < 4.78 is 14.0. The molecule has 2 amide bonds. The Balaban J connectivity index is 1.64. The number of hydrogen-bond acceptors (Lipinski definition) is 4. The predicted molar refractivity (Wildman–Crippen MR) is 141 cm³/mol. The highest BCUT2D eigenvalue weighted by Crippen LogP contribution is 2.29. The summed E-state index contributed by atoms with van der Waals surface area (Å²) in [5.41, 5.74) is 2.84. The molecule has 4 aromatic rings. The minimum absolute atomic E-state index is 0.00215. The van der Waals surface area contributed by atoms with E-state index in [9.17, 15) is 23.9 Å². The Morgan fingerprint density at radius 2 is 1.50 bits per heavy atom. The summed E-state index contributed by atoms with van der Waals surface area (Å²) in [7, 11) is 0. The fourth-order valence-electron chi connectivity index (χ4n) is 4.10. The second-order valence-electron chi connectivity index (χ2n) is 8.60. The molecule has 0 atom stereocenters. The van der Waals surface area contributed by atoms with Crippen molar-refractivity contribution in [1.82, 2.24) is 15.2 Å². The van der Waals surface area contributed by atoms with E-state index in [-0.39, 0.29) is 32.0 Å². The summed E-state index contributed by atoms with van der Waals surface area (Å²) in [5, 5.41) is 12.0. The number of carbonyl (C=O) groups is 3. The van der Waals surface area contributed by atoms with Gasteiger partial charge in [0.15, 0.2) is 0 Å². The number of carbonyl (C=O) groups excluding carboxylic acids is 2. The lowest BCUT2D eigenvalue weighted by molar-refractivity contribution is -0.137. The molecule has 1 heterocycles. The van der Waals surface area contributed by atoms with Crippen molar-refractivity contribution in [2.24, 2.45) is 0 Å². The van der Waals surface area contributed by atoms with E-state index in [1.54, 1.807) is 85.2 Å². The molecule has 3 aromatic carbocycles. The summed E-state index contributed by atoms with van der Waals surface area (Å²) in [6.07, 6.45) is 3.03. The molecule has 0 saturated carbocycles. The Kier molecular flexibility index (Phi) is 8.56. The maximum absolute atomic E-state index is 14.0. The number of nitrogens with one attached hydrogen (secondary N) is 1. The van der Waals surface area contributed by atoms with Crippen LogP contribution in [0.3, 0.4) is 0 Å². The third kappa shape index (κ3) is 6.47. The van der Waals surface area contributed by atoms with Crippen molar-refractivity contribution < 1.29 is 23.9 Å². The van der Waals surface area contributed by atoms with Crippen LogP contribution in [-0.2, 0) is 17.9 Å². The molecule has 0 bridgehead atoms. The quantitative estimate of drug-likeness (QED) is 0.314. The van der Waals surface area contributed by atoms with Crippen molar-refractivity contribution in [2.45, 2.75) is 19.5 Å². The first-order valence-corrected chi connectivity index (χ1v) is 12.0. The van der Waals surface area contributed by atoms with Gasteiger partial charge in [-0.3, -0.25) is 19.4 Å². The lowest BCUT2D eigenvalue weighted by Crippen LogP contribution is -2.33. The van der Waals surface area contributed by atoms with Gasteiger partial charge in [0.25, 0.3) is 11.8 Å². The van der Waals surface area contributed by atoms with Crippen molar-refractivity contribution in [3.05, 3.63) is 125 Å². The molecule has 2 N–H and O–H groups in total. The standard InChI is InChI=1S/C30H26FN3O4/c31-27-14-6-1-9-22(27)19-33-29(37)25-12-4-2-10-23(25)24-11-3-5-13-26(24)30(38)34(17-15-28(35)36)20-21-8-7-16-32-18-21/h1-14,16,18H,15,17,19-20H2,(H,33,37)(H,35,36). The van der Waals surface area contributed by atoms with Gasteiger partial charge in [-0.05, 0) is 41.0 Å². The maximum Gasteiger partial charge on any atom is 0.305 e. The van der Waals surface area contributed by atoms with E-state index in [4.69, 9.17) is 0 Å². The van der Waals surface area contributed by atoms with Gasteiger partial charge in [-0.15, -0.1) is 0 Å². The zero-order chi connectivity index (χ0) is 26.9. The number of pyridine rings is 1. The molecule has 0 radical (unpaired) electrons. The van der Waals surface area contributed by atoms with Gasteiger partial charge in [0.2, 0.25) is 0 Å². The van der Waals surface area contributed by atoms with Crippen LogP contribution in [0, 0.1) is 5.82 Å². The number of rotatable bonds is 10. The van der Waals surface area contributed by atoms with Gasteiger partial charge in [0.1, 0.15) is 5.82 Å². The molecular weight excluding hydrogens is 485 g/mol. The summed E-state index contributed by atoms with van der Waals surface area (Å²) >= 11 is 0. The number of carboxylic acid groups (broad SMARTS) is 1. The smallest absolute Gasteiger partial charge is 0.305 e. The third-order valence-corrected chi connectivity index (χ3v) is 6.00. The highest BCUT2D eigenvalue weighted by molar-refractivity contribution is 6.06. The van der Waals surface area contributed by atoms with Crippen LogP contribution in [0.4, 0.5) is 4.39 Å². The number of hydrogen-bond donors (Lipinski definition) is 2. The molecule has 0 fully saturated rings. The van der Waals surface area contributed by atoms with Crippen LogP contribution >= 0.6 is 0 Å². The monoisotopic (exact) mass is 511 g/mol. The van der Waals surface area contributed by atoms with E-state index in [2.05, 4.69) is 10.3 Å². The number of amides is 2. The number of nitrogens with zero attached hydrogens (tertiary/aromatic N) is 2. The molecule has 0 spiro atoms. The van der Waals surface area contributed by atoms with E-state index in [1.807, 2.05) is 6.07 Å². The molecule has 7 nitrogen and oxygen atoms in total. The van der Waals surface area contributed by atoms with E-state index in [0.29, 0.717) is 27.8 Å². The molecule has 4 rings (SSSR count). The number of halogens is 1. The molecule has 0 aliphatic carbocycles. The van der Waals surface area contributed by atoms with Gasteiger partial charge in [-0.1, -0.05) is 60.7 Å². The Bertz CT molecular complexity index is 1440. The fraction of sp³-hybridized carbons (Fsp3) is 0.133. The van der Waals surface area contributed by atoms with Crippen molar-refractivity contribution >= 4 is 17.8 Å². The summed E-state index contributed by atoms with van der Waals surface area (Å²) in [4.78, 5) is 43.7. The van der Waals surface area contributed by atoms with E-state index < -0.39 is 17.7 Å². The number of benzene rings is 3. The Labute approximate surface area is 219 Å². The Hall–Kier alpha value is -4.85. The molecular formula is C30H26FN3O4. The Morgan fingerprint density at radius 3 is 2.18 bits per heavy atom. The molecule has 192 valence electrons. The fourth-order valence-corrected chi connectivity index (χ4v) is 4.10. The van der Waals surface area contributed by atoms with Crippen LogP contribution in [0.25, 0.3) is 11.1 Å². The third-order valence-electron chi connectivity index (χ3n) is 6.00. The van der Waals surface area contributed by atoms with Crippen LogP contribution in [0.15, 0.2) is 97.3 Å². The normalized spacial score (nSPS) is 10.6. The molecule has 0 unspecified atom stereocenters.